The summed E-state index contributed by atoms with van der Waals surface area (Å²) >= 11 is 0. The molecule has 2 aliphatic rings. The number of hydrogen-bond donors (Lipinski definition) is 2. The molecule has 0 saturated heterocycles. The average molecular weight is 238 g/mol. The maximum absolute atomic E-state index is 10.7. The fourth-order valence-electron chi connectivity index (χ4n) is 3.92. The van der Waals surface area contributed by atoms with Gasteiger partial charge in [0.2, 0.25) is 0 Å². The molecule has 1 saturated carbocycles. The Balaban J connectivity index is 2.36. The van der Waals surface area contributed by atoms with Crippen LogP contribution in [0.2, 0.25) is 0 Å². The first-order chi connectivity index (χ1) is 7.81. The molecule has 0 amide bonds. The van der Waals surface area contributed by atoms with Gasteiger partial charge < -0.3 is 10.2 Å². The van der Waals surface area contributed by atoms with Crippen molar-refractivity contribution in [2.75, 3.05) is 0 Å². The molecule has 2 aliphatic carbocycles. The fourth-order valence-corrected chi connectivity index (χ4v) is 3.92. The minimum atomic E-state index is -0.906. The molecule has 0 aromatic rings. The van der Waals surface area contributed by atoms with Crippen LogP contribution < -0.4 is 0 Å². The third-order valence-electron chi connectivity index (χ3n) is 5.35. The normalized spacial score (nSPS) is 46.6. The third kappa shape index (κ3) is 1.86. The zero-order chi connectivity index (χ0) is 12.8. The molecule has 0 aliphatic heterocycles. The zero-order valence-electron chi connectivity index (χ0n) is 11.5. The van der Waals surface area contributed by atoms with E-state index in [2.05, 4.69) is 19.9 Å². The van der Waals surface area contributed by atoms with Crippen molar-refractivity contribution < 1.29 is 10.2 Å². The van der Waals surface area contributed by atoms with E-state index in [1.807, 2.05) is 13.8 Å². The van der Waals surface area contributed by atoms with E-state index in [9.17, 15) is 10.2 Å². The molecule has 2 nitrogen and oxygen atoms in total. The topological polar surface area (TPSA) is 40.5 Å². The highest BCUT2D eigenvalue weighted by atomic mass is 16.3. The average Bonchev–Trinajstić information content (AvgIpc) is 2.24. The summed E-state index contributed by atoms with van der Waals surface area (Å²) in [6, 6.07) is 0. The summed E-state index contributed by atoms with van der Waals surface area (Å²) in [4.78, 5) is 0. The van der Waals surface area contributed by atoms with Crippen molar-refractivity contribution >= 4 is 0 Å². The van der Waals surface area contributed by atoms with Crippen molar-refractivity contribution in [1.29, 1.82) is 0 Å². The van der Waals surface area contributed by atoms with Gasteiger partial charge in [-0.05, 0) is 43.9 Å². The van der Waals surface area contributed by atoms with E-state index in [1.165, 1.54) is 5.57 Å². The van der Waals surface area contributed by atoms with E-state index in [0.29, 0.717) is 0 Å². The van der Waals surface area contributed by atoms with Crippen molar-refractivity contribution in [3.05, 3.63) is 11.6 Å². The molecule has 4 unspecified atom stereocenters. The van der Waals surface area contributed by atoms with Gasteiger partial charge in [0.1, 0.15) is 0 Å². The van der Waals surface area contributed by atoms with E-state index in [0.717, 1.165) is 25.7 Å². The summed E-state index contributed by atoms with van der Waals surface area (Å²) < 4.78 is 0. The lowest BCUT2D eigenvalue weighted by molar-refractivity contribution is -0.178. The smallest absolute Gasteiger partial charge is 0.0934 e. The minimum absolute atomic E-state index is 0.108. The van der Waals surface area contributed by atoms with Crippen LogP contribution in [0.3, 0.4) is 0 Å². The van der Waals surface area contributed by atoms with Gasteiger partial charge in [-0.2, -0.15) is 0 Å². The second-order valence-corrected chi connectivity index (χ2v) is 6.71. The summed E-state index contributed by atoms with van der Waals surface area (Å²) in [5.74, 6) is 0.245. The summed E-state index contributed by atoms with van der Waals surface area (Å²) in [5.41, 5.74) is 0.542. The molecular weight excluding hydrogens is 212 g/mol. The van der Waals surface area contributed by atoms with Crippen molar-refractivity contribution in [3.63, 3.8) is 0 Å². The Hall–Kier alpha value is -0.340. The van der Waals surface area contributed by atoms with Crippen LogP contribution in [0.4, 0.5) is 0 Å². The second-order valence-electron chi connectivity index (χ2n) is 6.71. The Kier molecular flexibility index (Phi) is 3.16. The molecule has 0 radical (unpaired) electrons. The van der Waals surface area contributed by atoms with Crippen molar-refractivity contribution in [3.8, 4) is 0 Å². The van der Waals surface area contributed by atoms with E-state index < -0.39 is 11.7 Å². The first kappa shape index (κ1) is 13.1. The van der Waals surface area contributed by atoms with Gasteiger partial charge in [-0.15, -0.1) is 0 Å². The van der Waals surface area contributed by atoms with Crippen LogP contribution in [-0.4, -0.2) is 21.9 Å². The van der Waals surface area contributed by atoms with E-state index in [1.54, 1.807) is 0 Å². The van der Waals surface area contributed by atoms with Gasteiger partial charge in [0.25, 0.3) is 0 Å². The molecular formula is C15H26O2. The Morgan fingerprint density at radius 3 is 2.53 bits per heavy atom. The molecule has 2 rings (SSSR count). The molecule has 0 aromatic carbocycles. The second kappa shape index (κ2) is 4.10. The SMILES string of the molecule is CC1=CCCC2(C)CCC(O)(C(C)C)C(O)C12. The van der Waals surface area contributed by atoms with Gasteiger partial charge in [-0.3, -0.25) is 0 Å². The van der Waals surface area contributed by atoms with Crippen LogP contribution in [0, 0.1) is 17.3 Å². The fraction of sp³-hybridized carbons (Fsp3) is 0.867. The summed E-state index contributed by atoms with van der Waals surface area (Å²) in [6.45, 7) is 8.40. The Bertz CT molecular complexity index is 334. The standard InChI is InChI=1S/C15H26O2/c1-10(2)15(17)9-8-14(4)7-5-6-11(3)12(14)13(15)16/h6,10,12-13,16-17H,5,7-9H2,1-4H3. The summed E-state index contributed by atoms with van der Waals surface area (Å²) in [6.07, 6.45) is 5.63. The van der Waals surface area contributed by atoms with Gasteiger partial charge in [-0.1, -0.05) is 32.4 Å². The van der Waals surface area contributed by atoms with Gasteiger partial charge in [0.15, 0.2) is 0 Å². The van der Waals surface area contributed by atoms with Crippen LogP contribution in [0.15, 0.2) is 11.6 Å². The van der Waals surface area contributed by atoms with Gasteiger partial charge >= 0.3 is 0 Å². The highest BCUT2D eigenvalue weighted by Crippen LogP contribution is 2.54. The highest BCUT2D eigenvalue weighted by molar-refractivity contribution is 5.20. The summed E-state index contributed by atoms with van der Waals surface area (Å²) in [7, 11) is 0. The molecule has 2 N–H and O–H groups in total. The largest absolute Gasteiger partial charge is 0.389 e. The van der Waals surface area contributed by atoms with Crippen LogP contribution in [0.25, 0.3) is 0 Å². The number of rotatable bonds is 1. The van der Waals surface area contributed by atoms with E-state index >= 15 is 0 Å². The first-order valence-corrected chi connectivity index (χ1v) is 6.88. The number of fused-ring (bicyclic) bond motifs is 1. The van der Waals surface area contributed by atoms with Crippen LogP contribution in [-0.2, 0) is 0 Å². The quantitative estimate of drug-likeness (QED) is 0.690. The molecule has 2 heteroatoms. The number of aliphatic hydroxyl groups is 2. The highest BCUT2D eigenvalue weighted by Gasteiger charge is 2.54. The molecule has 0 spiro atoms. The van der Waals surface area contributed by atoms with Gasteiger partial charge in [-0.25, -0.2) is 0 Å². The number of aliphatic hydroxyl groups excluding tert-OH is 1. The monoisotopic (exact) mass is 238 g/mol. The third-order valence-corrected chi connectivity index (χ3v) is 5.35. The lowest BCUT2D eigenvalue weighted by atomic mass is 9.54. The van der Waals surface area contributed by atoms with E-state index in [-0.39, 0.29) is 17.3 Å². The van der Waals surface area contributed by atoms with Crippen molar-refractivity contribution in [1.82, 2.24) is 0 Å². The van der Waals surface area contributed by atoms with Gasteiger partial charge in [0.05, 0.1) is 11.7 Å². The Morgan fingerprint density at radius 2 is 1.94 bits per heavy atom. The Labute approximate surface area is 105 Å². The maximum atomic E-state index is 10.7. The van der Waals surface area contributed by atoms with E-state index in [4.69, 9.17) is 0 Å². The number of allylic oxidation sites excluding steroid dienone is 1. The lowest BCUT2D eigenvalue weighted by Gasteiger charge is -2.55. The molecule has 0 bridgehead atoms. The molecule has 98 valence electrons. The maximum Gasteiger partial charge on any atom is 0.0934 e. The van der Waals surface area contributed by atoms with Crippen LogP contribution in [0.5, 0.6) is 0 Å². The lowest BCUT2D eigenvalue weighted by Crippen LogP contribution is -2.59. The predicted molar refractivity (Wildman–Crippen MR) is 69.6 cm³/mol. The van der Waals surface area contributed by atoms with Crippen molar-refractivity contribution in [2.24, 2.45) is 17.3 Å². The van der Waals surface area contributed by atoms with Crippen molar-refractivity contribution in [2.45, 2.75) is 65.1 Å². The molecule has 1 fully saturated rings. The van der Waals surface area contributed by atoms with Crippen LogP contribution >= 0.6 is 0 Å². The number of hydrogen-bond acceptors (Lipinski definition) is 2. The Morgan fingerprint density at radius 1 is 1.29 bits per heavy atom. The molecule has 17 heavy (non-hydrogen) atoms. The molecule has 0 heterocycles. The first-order valence-electron chi connectivity index (χ1n) is 6.88. The van der Waals surface area contributed by atoms with Crippen LogP contribution in [0.1, 0.15) is 53.4 Å². The molecule has 4 atom stereocenters. The predicted octanol–water partition coefficient (Wildman–Crippen LogP) is 2.89. The minimum Gasteiger partial charge on any atom is -0.389 e. The molecule has 0 aromatic heterocycles. The van der Waals surface area contributed by atoms with Gasteiger partial charge in [0, 0.05) is 5.92 Å². The summed E-state index contributed by atoms with van der Waals surface area (Å²) in [5, 5.41) is 21.3. The zero-order valence-corrected chi connectivity index (χ0v) is 11.5.